The van der Waals surface area contributed by atoms with Gasteiger partial charge < -0.3 is 10.2 Å². The molecule has 2 bridgehead atoms. The molecule has 1 aliphatic heterocycles. The fourth-order valence-corrected chi connectivity index (χ4v) is 5.83. The zero-order valence-electron chi connectivity index (χ0n) is 17.1. The molecule has 2 saturated carbocycles. The quantitative estimate of drug-likeness (QED) is 0.853. The predicted octanol–water partition coefficient (Wildman–Crippen LogP) is 4.01. The van der Waals surface area contributed by atoms with E-state index in [0.717, 1.165) is 6.42 Å². The molecule has 0 radical (unpaired) electrons. The van der Waals surface area contributed by atoms with E-state index in [-0.39, 0.29) is 40.4 Å². The lowest BCUT2D eigenvalue weighted by Gasteiger charge is -2.40. The lowest BCUT2D eigenvalue weighted by molar-refractivity contribution is -0.128. The normalized spacial score (nSPS) is 31.8. The summed E-state index contributed by atoms with van der Waals surface area (Å²) in [5.74, 6) is 0.412. The molecular formula is C23H31FN2O2. The third kappa shape index (κ3) is 3.03. The third-order valence-electron chi connectivity index (χ3n) is 8.35. The van der Waals surface area contributed by atoms with E-state index in [4.69, 9.17) is 0 Å². The number of fused-ring (bicyclic) bond motifs is 2. The van der Waals surface area contributed by atoms with Crippen LogP contribution in [0.3, 0.4) is 0 Å². The summed E-state index contributed by atoms with van der Waals surface area (Å²) in [4.78, 5) is 27.3. The van der Waals surface area contributed by atoms with Gasteiger partial charge in [0.1, 0.15) is 5.82 Å². The average Bonchev–Trinajstić information content (AvgIpc) is 3.01. The van der Waals surface area contributed by atoms with Crippen LogP contribution in [0.4, 0.5) is 4.39 Å². The van der Waals surface area contributed by atoms with Crippen molar-refractivity contribution in [2.75, 3.05) is 13.1 Å². The smallest absolute Gasteiger partial charge is 0.253 e. The number of hydrogen-bond acceptors (Lipinski definition) is 2. The van der Waals surface area contributed by atoms with Crippen LogP contribution in [0.5, 0.6) is 0 Å². The Morgan fingerprint density at radius 3 is 2.25 bits per heavy atom. The van der Waals surface area contributed by atoms with Crippen molar-refractivity contribution in [3.8, 4) is 0 Å². The van der Waals surface area contributed by atoms with E-state index in [9.17, 15) is 14.0 Å². The van der Waals surface area contributed by atoms with Crippen LogP contribution in [0.1, 0.15) is 63.2 Å². The molecule has 3 fully saturated rings. The number of rotatable bonds is 3. The second kappa shape index (κ2) is 6.85. The molecule has 1 aromatic rings. The standard InChI is InChI=1S/C23H31FN2O2/c1-22(2)17-8-11-23(22,3)19(14-17)25-20(27)15-9-12-26(13-10-15)21(28)16-4-6-18(24)7-5-16/h4-7,15,17,19H,8-14H2,1-3H3,(H,25,27). The molecule has 2 amide bonds. The van der Waals surface area contributed by atoms with E-state index in [1.165, 1.54) is 37.1 Å². The Hall–Kier alpha value is -1.91. The predicted molar refractivity (Wildman–Crippen MR) is 106 cm³/mol. The summed E-state index contributed by atoms with van der Waals surface area (Å²) >= 11 is 0. The van der Waals surface area contributed by atoms with Gasteiger partial charge in [-0.3, -0.25) is 9.59 Å². The van der Waals surface area contributed by atoms with E-state index in [0.29, 0.717) is 37.4 Å². The Bertz CT molecular complexity index is 767. The van der Waals surface area contributed by atoms with Crippen LogP contribution in [0.15, 0.2) is 24.3 Å². The minimum atomic E-state index is -0.343. The number of hydrogen-bond donors (Lipinski definition) is 1. The maximum Gasteiger partial charge on any atom is 0.253 e. The van der Waals surface area contributed by atoms with E-state index in [1.807, 2.05) is 0 Å². The second-order valence-electron chi connectivity index (χ2n) is 9.74. The summed E-state index contributed by atoms with van der Waals surface area (Å²) in [5.41, 5.74) is 0.976. The van der Waals surface area contributed by atoms with Gasteiger partial charge in [0, 0.05) is 30.6 Å². The second-order valence-corrected chi connectivity index (χ2v) is 9.74. The number of carbonyl (C=O) groups is 2. The highest BCUT2D eigenvalue weighted by atomic mass is 19.1. The van der Waals surface area contributed by atoms with Crippen LogP contribution in [0, 0.1) is 28.5 Å². The topological polar surface area (TPSA) is 49.4 Å². The van der Waals surface area contributed by atoms with Gasteiger partial charge in [0.25, 0.3) is 5.91 Å². The van der Waals surface area contributed by atoms with Gasteiger partial charge in [0.15, 0.2) is 0 Å². The Labute approximate surface area is 166 Å². The average molecular weight is 387 g/mol. The van der Waals surface area contributed by atoms with Gasteiger partial charge in [-0.05, 0) is 73.1 Å². The highest BCUT2D eigenvalue weighted by Gasteiger charge is 2.61. The van der Waals surface area contributed by atoms with Crippen molar-refractivity contribution in [1.29, 1.82) is 0 Å². The van der Waals surface area contributed by atoms with Crippen molar-refractivity contribution in [3.05, 3.63) is 35.6 Å². The molecule has 4 nitrogen and oxygen atoms in total. The van der Waals surface area contributed by atoms with Crippen molar-refractivity contribution < 1.29 is 14.0 Å². The van der Waals surface area contributed by atoms with Crippen molar-refractivity contribution in [2.24, 2.45) is 22.7 Å². The van der Waals surface area contributed by atoms with Crippen LogP contribution in [0.25, 0.3) is 0 Å². The first-order valence-electron chi connectivity index (χ1n) is 10.6. The van der Waals surface area contributed by atoms with Gasteiger partial charge in [-0.15, -0.1) is 0 Å². The molecule has 1 saturated heterocycles. The summed E-state index contributed by atoms with van der Waals surface area (Å²) in [6.45, 7) is 8.20. The molecule has 0 spiro atoms. The molecule has 1 N–H and O–H groups in total. The molecule has 28 heavy (non-hydrogen) atoms. The van der Waals surface area contributed by atoms with Crippen LogP contribution < -0.4 is 5.32 Å². The van der Waals surface area contributed by atoms with Crippen molar-refractivity contribution in [3.63, 3.8) is 0 Å². The molecule has 3 atom stereocenters. The summed E-state index contributed by atoms with van der Waals surface area (Å²) in [6.07, 6.45) is 4.95. The maximum atomic E-state index is 13.1. The summed E-state index contributed by atoms with van der Waals surface area (Å²) in [5, 5.41) is 3.37. The molecule has 152 valence electrons. The largest absolute Gasteiger partial charge is 0.353 e. The summed E-state index contributed by atoms with van der Waals surface area (Å²) in [7, 11) is 0. The van der Waals surface area contributed by atoms with Gasteiger partial charge in [-0.2, -0.15) is 0 Å². The maximum absolute atomic E-state index is 13.1. The Kier molecular flexibility index (Phi) is 4.75. The molecule has 4 rings (SSSR count). The molecule has 3 unspecified atom stereocenters. The third-order valence-corrected chi connectivity index (χ3v) is 8.35. The zero-order chi connectivity index (χ0) is 20.1. The Balaban J connectivity index is 1.32. The lowest BCUT2D eigenvalue weighted by atomic mass is 9.69. The molecular weight excluding hydrogens is 355 g/mol. The number of benzene rings is 1. The number of likely N-dealkylation sites (tertiary alicyclic amines) is 1. The molecule has 1 aromatic carbocycles. The minimum absolute atomic E-state index is 0.0249. The van der Waals surface area contributed by atoms with Crippen molar-refractivity contribution in [2.45, 2.75) is 58.9 Å². The van der Waals surface area contributed by atoms with E-state index >= 15 is 0 Å². The van der Waals surface area contributed by atoms with E-state index < -0.39 is 0 Å². The Morgan fingerprint density at radius 2 is 1.71 bits per heavy atom. The Morgan fingerprint density at radius 1 is 1.07 bits per heavy atom. The van der Waals surface area contributed by atoms with Gasteiger partial charge >= 0.3 is 0 Å². The van der Waals surface area contributed by atoms with Gasteiger partial charge in [0.05, 0.1) is 0 Å². The minimum Gasteiger partial charge on any atom is -0.353 e. The van der Waals surface area contributed by atoms with Gasteiger partial charge in [-0.1, -0.05) is 20.8 Å². The van der Waals surface area contributed by atoms with Crippen LogP contribution >= 0.6 is 0 Å². The molecule has 2 aliphatic carbocycles. The van der Waals surface area contributed by atoms with Gasteiger partial charge in [-0.25, -0.2) is 4.39 Å². The van der Waals surface area contributed by atoms with Crippen molar-refractivity contribution in [1.82, 2.24) is 10.2 Å². The highest BCUT2D eigenvalue weighted by Crippen LogP contribution is 2.65. The molecule has 3 aliphatic rings. The van der Waals surface area contributed by atoms with E-state index in [1.54, 1.807) is 4.90 Å². The summed E-state index contributed by atoms with van der Waals surface area (Å²) in [6, 6.07) is 5.94. The fraction of sp³-hybridized carbons (Fsp3) is 0.652. The number of halogens is 1. The number of piperidine rings is 1. The number of carbonyl (C=O) groups excluding carboxylic acids is 2. The first kappa shape index (κ1) is 19.4. The number of amides is 2. The zero-order valence-corrected chi connectivity index (χ0v) is 17.1. The van der Waals surface area contributed by atoms with Crippen molar-refractivity contribution >= 4 is 11.8 Å². The van der Waals surface area contributed by atoms with E-state index in [2.05, 4.69) is 26.1 Å². The fourth-order valence-electron chi connectivity index (χ4n) is 5.83. The highest BCUT2D eigenvalue weighted by molar-refractivity contribution is 5.94. The van der Waals surface area contributed by atoms with Crippen LogP contribution in [-0.2, 0) is 4.79 Å². The van der Waals surface area contributed by atoms with Gasteiger partial charge in [0.2, 0.25) is 5.91 Å². The molecule has 1 heterocycles. The molecule has 0 aromatic heterocycles. The summed E-state index contributed by atoms with van der Waals surface area (Å²) < 4.78 is 13.1. The first-order chi connectivity index (χ1) is 13.2. The first-order valence-corrected chi connectivity index (χ1v) is 10.6. The number of nitrogens with zero attached hydrogens (tertiary/aromatic N) is 1. The molecule has 5 heteroatoms. The van der Waals surface area contributed by atoms with Crippen LogP contribution in [0.2, 0.25) is 0 Å². The monoisotopic (exact) mass is 386 g/mol. The number of nitrogens with one attached hydrogen (secondary N) is 1. The lowest BCUT2D eigenvalue weighted by Crippen LogP contribution is -2.50. The van der Waals surface area contributed by atoms with Crippen LogP contribution in [-0.4, -0.2) is 35.8 Å². The SMILES string of the molecule is CC1(C)C2CCC1(C)C(NC(=O)C1CCN(C(=O)c3ccc(F)cc3)CC1)C2.